The van der Waals surface area contributed by atoms with Crippen LogP contribution in [-0.2, 0) is 0 Å². The molecule has 0 fully saturated rings. The summed E-state index contributed by atoms with van der Waals surface area (Å²) in [5.41, 5.74) is 2.85. The van der Waals surface area contributed by atoms with Gasteiger partial charge in [0, 0.05) is 11.8 Å². The van der Waals surface area contributed by atoms with Crippen molar-refractivity contribution in [3.05, 3.63) is 84.1 Å². The van der Waals surface area contributed by atoms with E-state index in [0.717, 1.165) is 22.9 Å². The molecule has 1 aromatic heterocycles. The lowest BCUT2D eigenvalue weighted by atomic mass is 10.0. The molecule has 4 nitrogen and oxygen atoms in total. The minimum Gasteiger partial charge on any atom is -0.478 e. The summed E-state index contributed by atoms with van der Waals surface area (Å²) in [6.45, 7) is 0. The molecule has 0 radical (unpaired) electrons. The molecule has 0 saturated heterocycles. The number of pyridine rings is 1. The van der Waals surface area contributed by atoms with Gasteiger partial charge in [0.1, 0.15) is 5.03 Å². The first-order valence-corrected chi connectivity index (χ1v) is 8.63. The van der Waals surface area contributed by atoms with Crippen LogP contribution in [-0.4, -0.2) is 27.6 Å². The zero-order valence-corrected chi connectivity index (χ0v) is 14.1. The van der Waals surface area contributed by atoms with Gasteiger partial charge in [0.05, 0.1) is 11.3 Å². The monoisotopic (exact) mass is 349 g/mol. The Bertz CT molecular complexity index is 892. The maximum absolute atomic E-state index is 12.4. The molecule has 1 heterocycles. The van der Waals surface area contributed by atoms with Gasteiger partial charge in [0.2, 0.25) is 0 Å². The molecule has 0 unspecified atom stereocenters. The summed E-state index contributed by atoms with van der Waals surface area (Å²) in [4.78, 5) is 27.6. The van der Waals surface area contributed by atoms with E-state index in [9.17, 15) is 9.59 Å². The van der Waals surface area contributed by atoms with Crippen molar-refractivity contribution in [1.82, 2.24) is 4.98 Å². The number of Topliss-reactive ketones (excluding diaryl/α,β-unsaturated/α-hetero) is 1. The fourth-order valence-corrected chi connectivity index (χ4v) is 3.25. The number of aromatic nitrogens is 1. The summed E-state index contributed by atoms with van der Waals surface area (Å²) in [5, 5.41) is 9.50. The van der Waals surface area contributed by atoms with Crippen LogP contribution in [0.5, 0.6) is 0 Å². The molecule has 0 atom stereocenters. The van der Waals surface area contributed by atoms with E-state index in [1.807, 2.05) is 42.5 Å². The van der Waals surface area contributed by atoms with E-state index in [4.69, 9.17) is 5.11 Å². The van der Waals surface area contributed by atoms with Gasteiger partial charge in [-0.1, -0.05) is 66.4 Å². The van der Waals surface area contributed by atoms with E-state index in [1.54, 1.807) is 18.2 Å². The van der Waals surface area contributed by atoms with E-state index in [-0.39, 0.29) is 17.1 Å². The number of carboxylic acid groups (broad SMARTS) is 1. The Morgan fingerprint density at radius 3 is 2.24 bits per heavy atom. The summed E-state index contributed by atoms with van der Waals surface area (Å²) in [6.07, 6.45) is 1.52. The minimum atomic E-state index is -1.05. The molecule has 0 aliphatic heterocycles. The third-order valence-electron chi connectivity index (χ3n) is 3.66. The smallest absolute Gasteiger partial charge is 0.338 e. The maximum atomic E-state index is 12.4. The van der Waals surface area contributed by atoms with Gasteiger partial charge in [-0.3, -0.25) is 4.79 Å². The number of carbonyl (C=O) groups excluding carboxylic acids is 1. The van der Waals surface area contributed by atoms with Crippen LogP contribution in [0.2, 0.25) is 0 Å². The number of ketones is 1. The Morgan fingerprint density at radius 2 is 1.56 bits per heavy atom. The van der Waals surface area contributed by atoms with Gasteiger partial charge in [-0.05, 0) is 23.3 Å². The Balaban J connectivity index is 1.69. The highest BCUT2D eigenvalue weighted by atomic mass is 32.2. The Hall–Kier alpha value is -2.92. The first-order chi connectivity index (χ1) is 12.1. The van der Waals surface area contributed by atoms with E-state index in [0.29, 0.717) is 10.6 Å². The summed E-state index contributed by atoms with van der Waals surface area (Å²) < 4.78 is 0. The third-order valence-corrected chi connectivity index (χ3v) is 4.66. The average Bonchev–Trinajstić information content (AvgIpc) is 2.67. The number of benzene rings is 2. The van der Waals surface area contributed by atoms with Gasteiger partial charge in [0.25, 0.3) is 0 Å². The lowest BCUT2D eigenvalue weighted by molar-refractivity contribution is 0.0692. The molecular weight excluding hydrogens is 334 g/mol. The number of aromatic carboxylic acids is 1. The maximum Gasteiger partial charge on any atom is 0.338 e. The van der Waals surface area contributed by atoms with Crippen LogP contribution in [0.4, 0.5) is 0 Å². The van der Waals surface area contributed by atoms with Gasteiger partial charge in [-0.25, -0.2) is 9.78 Å². The number of thioether (sulfide) groups is 1. The van der Waals surface area contributed by atoms with Crippen LogP contribution in [0.15, 0.2) is 78.0 Å². The molecule has 25 heavy (non-hydrogen) atoms. The number of hydrogen-bond acceptors (Lipinski definition) is 4. The van der Waals surface area contributed by atoms with Crippen molar-refractivity contribution in [2.45, 2.75) is 5.03 Å². The van der Waals surface area contributed by atoms with Gasteiger partial charge < -0.3 is 5.11 Å². The molecule has 0 bridgehead atoms. The molecule has 3 rings (SSSR count). The van der Waals surface area contributed by atoms with Crippen molar-refractivity contribution in [2.24, 2.45) is 0 Å². The zero-order chi connectivity index (χ0) is 17.6. The number of hydrogen-bond donors (Lipinski definition) is 1. The molecule has 0 aliphatic carbocycles. The molecule has 0 saturated carbocycles. The van der Waals surface area contributed by atoms with Crippen LogP contribution in [0.25, 0.3) is 11.1 Å². The Labute approximate surface area is 149 Å². The van der Waals surface area contributed by atoms with Crippen molar-refractivity contribution in [2.75, 3.05) is 5.75 Å². The average molecular weight is 349 g/mol. The van der Waals surface area contributed by atoms with Gasteiger partial charge >= 0.3 is 5.97 Å². The van der Waals surface area contributed by atoms with Crippen LogP contribution < -0.4 is 0 Å². The lowest BCUT2D eigenvalue weighted by Gasteiger charge is -2.05. The topological polar surface area (TPSA) is 67.3 Å². The normalized spacial score (nSPS) is 10.4. The van der Waals surface area contributed by atoms with Gasteiger partial charge in [-0.15, -0.1) is 0 Å². The standard InChI is InChI=1S/C20H15NO3S/c22-18(13-25-19-17(20(23)24)7-4-12-21-19)16-10-8-15(9-11-16)14-5-2-1-3-6-14/h1-12H,13H2,(H,23,24). The highest BCUT2D eigenvalue weighted by molar-refractivity contribution is 8.00. The fraction of sp³-hybridized carbons (Fsp3) is 0.0500. The molecule has 0 aliphatic rings. The molecule has 5 heteroatoms. The van der Waals surface area contributed by atoms with Crippen molar-refractivity contribution >= 4 is 23.5 Å². The number of nitrogens with zero attached hydrogens (tertiary/aromatic N) is 1. The summed E-state index contributed by atoms with van der Waals surface area (Å²) >= 11 is 1.14. The Kier molecular flexibility index (Phi) is 5.26. The summed E-state index contributed by atoms with van der Waals surface area (Å²) in [7, 11) is 0. The SMILES string of the molecule is O=C(CSc1ncccc1C(=O)O)c1ccc(-c2ccccc2)cc1. The first kappa shape index (κ1) is 16.9. The van der Waals surface area contributed by atoms with Crippen LogP contribution in [0.3, 0.4) is 0 Å². The quantitative estimate of drug-likeness (QED) is 0.527. The highest BCUT2D eigenvalue weighted by Gasteiger charge is 2.13. The highest BCUT2D eigenvalue weighted by Crippen LogP contribution is 2.23. The first-order valence-electron chi connectivity index (χ1n) is 7.65. The molecule has 3 aromatic rings. The molecule has 124 valence electrons. The second kappa shape index (κ2) is 7.77. The van der Waals surface area contributed by atoms with Gasteiger partial charge in [0.15, 0.2) is 5.78 Å². The minimum absolute atomic E-state index is 0.0633. The third kappa shape index (κ3) is 4.14. The van der Waals surface area contributed by atoms with Crippen molar-refractivity contribution in [1.29, 1.82) is 0 Å². The van der Waals surface area contributed by atoms with E-state index < -0.39 is 5.97 Å². The molecule has 0 spiro atoms. The second-order valence-corrected chi connectivity index (χ2v) is 6.28. The van der Waals surface area contributed by atoms with Crippen LogP contribution in [0, 0.1) is 0 Å². The van der Waals surface area contributed by atoms with Crippen molar-refractivity contribution < 1.29 is 14.7 Å². The fourth-order valence-electron chi connectivity index (χ4n) is 2.37. The predicted molar refractivity (Wildman–Crippen MR) is 98.1 cm³/mol. The van der Waals surface area contributed by atoms with Crippen molar-refractivity contribution in [3.8, 4) is 11.1 Å². The van der Waals surface area contributed by atoms with Crippen molar-refractivity contribution in [3.63, 3.8) is 0 Å². The van der Waals surface area contributed by atoms with E-state index in [2.05, 4.69) is 4.98 Å². The number of rotatable bonds is 6. The van der Waals surface area contributed by atoms with Gasteiger partial charge in [-0.2, -0.15) is 0 Å². The van der Waals surface area contributed by atoms with E-state index >= 15 is 0 Å². The largest absolute Gasteiger partial charge is 0.478 e. The Morgan fingerprint density at radius 1 is 0.880 bits per heavy atom. The zero-order valence-electron chi connectivity index (χ0n) is 13.3. The van der Waals surface area contributed by atoms with E-state index in [1.165, 1.54) is 12.3 Å². The summed E-state index contributed by atoms with van der Waals surface area (Å²) in [5.74, 6) is -0.969. The number of carboxylic acids is 1. The summed E-state index contributed by atoms with van der Waals surface area (Å²) in [6, 6.07) is 20.4. The number of carbonyl (C=O) groups is 2. The molecule has 1 N–H and O–H groups in total. The lowest BCUT2D eigenvalue weighted by Crippen LogP contribution is -2.05. The molecule has 0 amide bonds. The molecular formula is C20H15NO3S. The van der Waals surface area contributed by atoms with Crippen LogP contribution in [0.1, 0.15) is 20.7 Å². The molecule has 2 aromatic carbocycles. The predicted octanol–water partition coefficient (Wildman–Crippen LogP) is 4.42. The second-order valence-electron chi connectivity index (χ2n) is 5.32. The van der Waals surface area contributed by atoms with Crippen LogP contribution >= 0.6 is 11.8 Å².